The normalized spacial score (nSPS) is 11.6. The number of anilines is 1. The minimum atomic E-state index is -3.65. The van der Waals surface area contributed by atoms with E-state index in [0.29, 0.717) is 28.0 Å². The summed E-state index contributed by atoms with van der Waals surface area (Å²) in [5, 5.41) is 18.5. The summed E-state index contributed by atoms with van der Waals surface area (Å²) in [5.74, 6) is 0.0168. The summed E-state index contributed by atoms with van der Waals surface area (Å²) < 4.78 is 34.0. The molecule has 28 heavy (non-hydrogen) atoms. The first kappa shape index (κ1) is 19.9. The van der Waals surface area contributed by atoms with Crippen molar-refractivity contribution in [2.75, 3.05) is 31.7 Å². The van der Waals surface area contributed by atoms with Crippen molar-refractivity contribution >= 4 is 27.1 Å². The molecule has 0 bridgehead atoms. The van der Waals surface area contributed by atoms with Crippen molar-refractivity contribution in [2.45, 2.75) is 5.75 Å². The molecule has 1 heterocycles. The Morgan fingerprint density at radius 2 is 1.75 bits per heavy atom. The first-order chi connectivity index (χ1) is 13.5. The first-order valence-electron chi connectivity index (χ1n) is 8.63. The molecule has 3 rings (SSSR count). The summed E-state index contributed by atoms with van der Waals surface area (Å²) in [6.07, 6.45) is 0. The molecule has 0 aliphatic carbocycles. The summed E-state index contributed by atoms with van der Waals surface area (Å²) in [6, 6.07) is 15.7. The van der Waals surface area contributed by atoms with Crippen LogP contribution in [0.5, 0.6) is 0 Å². The summed E-state index contributed by atoms with van der Waals surface area (Å²) in [7, 11) is -3.65. The molecule has 0 unspecified atom stereocenters. The SMILES string of the molecule is O=S(=O)(Cc1ccccc1)OCCOCCNc1nc2ccccc2[n+]([O-])n1. The molecule has 0 spiro atoms. The predicted octanol–water partition coefficient (Wildman–Crippen LogP) is 1.24. The van der Waals surface area contributed by atoms with Gasteiger partial charge in [0.1, 0.15) is 11.3 Å². The molecule has 0 aliphatic heterocycles. The van der Waals surface area contributed by atoms with Crippen LogP contribution in [0, 0.1) is 5.21 Å². The third kappa shape index (κ3) is 5.84. The van der Waals surface area contributed by atoms with Gasteiger partial charge in [-0.15, -0.1) is 0 Å². The predicted molar refractivity (Wildman–Crippen MR) is 103 cm³/mol. The minimum Gasteiger partial charge on any atom is -0.594 e. The number of nitrogens with zero attached hydrogens (tertiary/aromatic N) is 3. The van der Waals surface area contributed by atoms with Crippen LogP contribution >= 0.6 is 0 Å². The van der Waals surface area contributed by atoms with E-state index in [1.54, 1.807) is 48.5 Å². The summed E-state index contributed by atoms with van der Waals surface area (Å²) in [5.41, 5.74) is 1.59. The lowest BCUT2D eigenvalue weighted by Crippen LogP contribution is -2.33. The topological polar surface area (TPSA) is 117 Å². The molecule has 0 aliphatic rings. The zero-order chi connectivity index (χ0) is 19.8. The van der Waals surface area contributed by atoms with E-state index < -0.39 is 10.1 Å². The molecule has 148 valence electrons. The van der Waals surface area contributed by atoms with Gasteiger partial charge in [0.05, 0.1) is 24.9 Å². The molecule has 0 amide bonds. The molecule has 0 saturated heterocycles. The molecule has 3 aromatic rings. The first-order valence-corrected chi connectivity index (χ1v) is 10.2. The van der Waals surface area contributed by atoms with E-state index in [0.717, 1.165) is 0 Å². The Balaban J connectivity index is 1.35. The van der Waals surface area contributed by atoms with E-state index in [1.165, 1.54) is 0 Å². The molecule has 0 saturated carbocycles. The Morgan fingerprint density at radius 1 is 1.00 bits per heavy atom. The molecule has 1 N–H and O–H groups in total. The maximum atomic E-state index is 11.9. The number of ether oxygens (including phenoxy) is 1. The summed E-state index contributed by atoms with van der Waals surface area (Å²) >= 11 is 0. The van der Waals surface area contributed by atoms with Crippen molar-refractivity contribution in [3.05, 3.63) is 65.4 Å². The van der Waals surface area contributed by atoms with E-state index >= 15 is 0 Å². The zero-order valence-corrected chi connectivity index (χ0v) is 15.8. The highest BCUT2D eigenvalue weighted by Crippen LogP contribution is 2.08. The van der Waals surface area contributed by atoms with Gasteiger partial charge in [0, 0.05) is 12.6 Å². The van der Waals surface area contributed by atoms with Crippen molar-refractivity contribution in [1.82, 2.24) is 10.1 Å². The molecule has 2 aromatic carbocycles. The second-order valence-electron chi connectivity index (χ2n) is 5.85. The number of para-hydroxylation sites is 2. The van der Waals surface area contributed by atoms with Crippen molar-refractivity contribution in [3.8, 4) is 0 Å². The molecule has 0 fully saturated rings. The van der Waals surface area contributed by atoms with E-state index in [4.69, 9.17) is 8.92 Å². The lowest BCUT2D eigenvalue weighted by Gasteiger charge is -2.08. The molecule has 1 aromatic heterocycles. The fourth-order valence-electron chi connectivity index (χ4n) is 2.45. The van der Waals surface area contributed by atoms with Gasteiger partial charge >= 0.3 is 0 Å². The highest BCUT2D eigenvalue weighted by Gasteiger charge is 2.12. The van der Waals surface area contributed by atoms with E-state index in [1.807, 2.05) is 6.07 Å². The molecule has 0 radical (unpaired) electrons. The number of benzene rings is 2. The summed E-state index contributed by atoms with van der Waals surface area (Å²) in [6.45, 7) is 0.685. The van der Waals surface area contributed by atoms with Crippen molar-refractivity contribution < 1.29 is 22.2 Å². The van der Waals surface area contributed by atoms with Gasteiger partial charge in [-0.05, 0) is 16.5 Å². The number of hydrogen-bond donors (Lipinski definition) is 1. The summed E-state index contributed by atoms with van der Waals surface area (Å²) in [4.78, 5) is 4.75. The van der Waals surface area contributed by atoms with Crippen LogP contribution in [0.2, 0.25) is 0 Å². The van der Waals surface area contributed by atoms with Crippen LogP contribution < -0.4 is 10.2 Å². The lowest BCUT2D eigenvalue weighted by atomic mass is 10.2. The number of aromatic nitrogens is 3. The number of hydrogen-bond acceptors (Lipinski definition) is 8. The van der Waals surface area contributed by atoms with Gasteiger partial charge in [-0.25, -0.2) is 4.98 Å². The van der Waals surface area contributed by atoms with Gasteiger partial charge in [-0.1, -0.05) is 42.5 Å². The van der Waals surface area contributed by atoms with Crippen molar-refractivity contribution in [2.24, 2.45) is 0 Å². The van der Waals surface area contributed by atoms with Gasteiger partial charge in [-0.2, -0.15) is 8.42 Å². The van der Waals surface area contributed by atoms with Crippen LogP contribution in [0.25, 0.3) is 11.0 Å². The largest absolute Gasteiger partial charge is 0.594 e. The maximum absolute atomic E-state index is 11.9. The number of fused-ring (bicyclic) bond motifs is 1. The zero-order valence-electron chi connectivity index (χ0n) is 15.0. The van der Waals surface area contributed by atoms with Crippen molar-refractivity contribution in [1.29, 1.82) is 0 Å². The highest BCUT2D eigenvalue weighted by molar-refractivity contribution is 7.85. The van der Waals surface area contributed by atoms with Gasteiger partial charge in [0.25, 0.3) is 21.6 Å². The van der Waals surface area contributed by atoms with Gasteiger partial charge in [0.2, 0.25) is 0 Å². The molecular weight excluding hydrogens is 384 g/mol. The third-order valence-electron chi connectivity index (χ3n) is 3.71. The number of nitrogens with one attached hydrogen (secondary N) is 1. The van der Waals surface area contributed by atoms with E-state index in [-0.39, 0.29) is 31.5 Å². The van der Waals surface area contributed by atoms with Crippen LogP contribution in [0.4, 0.5) is 5.95 Å². The minimum absolute atomic E-state index is 0.0673. The van der Waals surface area contributed by atoms with Crippen molar-refractivity contribution in [3.63, 3.8) is 0 Å². The molecule has 10 heteroatoms. The van der Waals surface area contributed by atoms with Crippen LogP contribution in [-0.2, 0) is 24.8 Å². The Labute approximate surface area is 162 Å². The maximum Gasteiger partial charge on any atom is 0.290 e. The fraction of sp³-hybridized carbons (Fsp3) is 0.278. The molecule has 9 nitrogen and oxygen atoms in total. The third-order valence-corrected chi connectivity index (χ3v) is 4.92. The standard InChI is InChI=1S/C18H20N4O5S/c23-22-17-9-5-4-8-16(17)20-18(21-22)19-10-11-26-12-13-27-28(24,25)14-15-6-2-1-3-7-15/h1-9H,10-14H2,(H,19,20,21). The van der Waals surface area contributed by atoms with Crippen LogP contribution in [0.1, 0.15) is 5.56 Å². The molecule has 0 atom stereocenters. The monoisotopic (exact) mass is 404 g/mol. The van der Waals surface area contributed by atoms with Gasteiger partial charge in [0.15, 0.2) is 0 Å². The lowest BCUT2D eigenvalue weighted by molar-refractivity contribution is -0.641. The second-order valence-corrected chi connectivity index (χ2v) is 7.49. The Bertz CT molecular complexity index is 1010. The highest BCUT2D eigenvalue weighted by atomic mass is 32.2. The average molecular weight is 404 g/mol. The van der Waals surface area contributed by atoms with Crippen LogP contribution in [0.15, 0.2) is 54.6 Å². The Hall–Kier alpha value is -2.82. The van der Waals surface area contributed by atoms with Gasteiger partial charge < -0.3 is 15.3 Å². The quantitative estimate of drug-likeness (QED) is 0.232. The second kappa shape index (κ2) is 9.40. The van der Waals surface area contributed by atoms with Gasteiger partial charge in [-0.3, -0.25) is 4.18 Å². The Morgan fingerprint density at radius 3 is 2.57 bits per heavy atom. The smallest absolute Gasteiger partial charge is 0.290 e. The fourth-order valence-corrected chi connectivity index (χ4v) is 3.45. The van der Waals surface area contributed by atoms with Crippen LogP contribution in [0.3, 0.4) is 0 Å². The Kier molecular flexibility index (Phi) is 6.69. The number of rotatable bonds is 10. The van der Waals surface area contributed by atoms with E-state index in [9.17, 15) is 13.6 Å². The van der Waals surface area contributed by atoms with Crippen LogP contribution in [-0.4, -0.2) is 44.9 Å². The average Bonchev–Trinajstić information content (AvgIpc) is 2.68. The van der Waals surface area contributed by atoms with E-state index in [2.05, 4.69) is 15.4 Å². The molecular formula is C18H20N4O5S.